The Balaban J connectivity index is 1.97. The number of carbonyl (C=O) groups is 2. The lowest BCUT2D eigenvalue weighted by atomic mass is 10.1. The molecule has 1 aliphatic heterocycles. The summed E-state index contributed by atoms with van der Waals surface area (Å²) in [6, 6.07) is 8.71. The van der Waals surface area contributed by atoms with Crippen LogP contribution in [0.3, 0.4) is 0 Å². The summed E-state index contributed by atoms with van der Waals surface area (Å²) in [6.07, 6.45) is 1.19. The highest BCUT2D eigenvalue weighted by Crippen LogP contribution is 2.32. The van der Waals surface area contributed by atoms with Crippen molar-refractivity contribution in [3.8, 4) is 0 Å². The van der Waals surface area contributed by atoms with Crippen LogP contribution in [0.15, 0.2) is 35.7 Å². The summed E-state index contributed by atoms with van der Waals surface area (Å²) >= 11 is 1.40. The Kier molecular flexibility index (Phi) is 3.28. The molecular weight excluding hydrogens is 272 g/mol. The minimum absolute atomic E-state index is 0.0839. The number of thiophene rings is 1. The van der Waals surface area contributed by atoms with Gasteiger partial charge in [-0.1, -0.05) is 0 Å². The number of hydrogen-bond donors (Lipinski definition) is 1. The normalized spacial score (nSPS) is 14.8. The maximum absolute atomic E-state index is 12.6. The van der Waals surface area contributed by atoms with Gasteiger partial charge in [-0.15, -0.1) is 11.3 Å². The molecule has 0 bridgehead atoms. The molecule has 1 aromatic carbocycles. The van der Waals surface area contributed by atoms with Gasteiger partial charge in [0.15, 0.2) is 5.78 Å². The molecule has 1 aromatic heterocycles. The number of amides is 1. The van der Waals surface area contributed by atoms with Gasteiger partial charge in [0.1, 0.15) is 0 Å². The highest BCUT2D eigenvalue weighted by Gasteiger charge is 2.26. The third kappa shape index (κ3) is 2.20. The van der Waals surface area contributed by atoms with E-state index in [0.29, 0.717) is 35.5 Å². The molecule has 0 saturated heterocycles. The summed E-state index contributed by atoms with van der Waals surface area (Å²) in [4.78, 5) is 27.0. The standard InChI is InChI=1S/C15H14N2O2S/c16-11-5-3-10(4-6-11)15(19)17-8-1-2-13(18)14-12(17)7-9-20-14/h3-7,9H,1-2,8,16H2. The Hall–Kier alpha value is -2.14. The van der Waals surface area contributed by atoms with Gasteiger partial charge in [0.2, 0.25) is 0 Å². The van der Waals surface area contributed by atoms with E-state index >= 15 is 0 Å². The van der Waals surface area contributed by atoms with Crippen LogP contribution in [0.2, 0.25) is 0 Å². The first-order valence-corrected chi connectivity index (χ1v) is 7.33. The van der Waals surface area contributed by atoms with E-state index in [9.17, 15) is 9.59 Å². The number of benzene rings is 1. The second kappa shape index (κ2) is 5.09. The van der Waals surface area contributed by atoms with Crippen LogP contribution in [0.1, 0.15) is 32.9 Å². The van der Waals surface area contributed by atoms with Crippen LogP contribution in [-0.2, 0) is 0 Å². The largest absolute Gasteiger partial charge is 0.399 e. The summed E-state index contributed by atoms with van der Waals surface area (Å²) in [5, 5.41) is 1.86. The van der Waals surface area contributed by atoms with Crippen molar-refractivity contribution < 1.29 is 9.59 Å². The number of ketones is 1. The molecular formula is C15H14N2O2S. The van der Waals surface area contributed by atoms with Crippen molar-refractivity contribution in [2.45, 2.75) is 12.8 Å². The number of nitrogens with two attached hydrogens (primary N) is 1. The minimum atomic E-state index is -0.0839. The van der Waals surface area contributed by atoms with Crippen molar-refractivity contribution in [1.29, 1.82) is 0 Å². The predicted molar refractivity (Wildman–Crippen MR) is 80.4 cm³/mol. The molecule has 2 heterocycles. The topological polar surface area (TPSA) is 63.4 Å². The maximum atomic E-state index is 12.6. The fourth-order valence-corrected chi connectivity index (χ4v) is 3.21. The van der Waals surface area contributed by atoms with Crippen molar-refractivity contribution in [3.05, 3.63) is 46.2 Å². The van der Waals surface area contributed by atoms with Crippen molar-refractivity contribution >= 4 is 34.4 Å². The van der Waals surface area contributed by atoms with Crippen LogP contribution in [0.25, 0.3) is 0 Å². The predicted octanol–water partition coefficient (Wildman–Crippen LogP) is 2.95. The number of Topliss-reactive ketones (excluding diaryl/α,β-unsaturated/α-hetero) is 1. The lowest BCUT2D eigenvalue weighted by Crippen LogP contribution is -2.31. The van der Waals surface area contributed by atoms with E-state index in [2.05, 4.69) is 0 Å². The number of nitrogens with zero attached hydrogens (tertiary/aromatic N) is 1. The van der Waals surface area contributed by atoms with E-state index in [4.69, 9.17) is 5.73 Å². The van der Waals surface area contributed by atoms with E-state index in [1.807, 2.05) is 11.4 Å². The number of carbonyl (C=O) groups excluding carboxylic acids is 2. The monoisotopic (exact) mass is 286 g/mol. The molecule has 2 aromatic rings. The molecule has 0 aliphatic carbocycles. The molecule has 3 rings (SSSR count). The van der Waals surface area contributed by atoms with Gasteiger partial charge < -0.3 is 10.6 Å². The third-order valence-electron chi connectivity index (χ3n) is 3.38. The fraction of sp³-hybridized carbons (Fsp3) is 0.200. The molecule has 1 aliphatic rings. The van der Waals surface area contributed by atoms with Gasteiger partial charge in [-0.25, -0.2) is 0 Å². The highest BCUT2D eigenvalue weighted by atomic mass is 32.1. The molecule has 0 spiro atoms. The molecule has 4 nitrogen and oxygen atoms in total. The summed E-state index contributed by atoms with van der Waals surface area (Å²) < 4.78 is 0. The number of rotatable bonds is 1. The van der Waals surface area contributed by atoms with Crippen LogP contribution < -0.4 is 10.6 Å². The minimum Gasteiger partial charge on any atom is -0.399 e. The van der Waals surface area contributed by atoms with Crippen molar-refractivity contribution in [3.63, 3.8) is 0 Å². The Bertz CT molecular complexity index is 661. The fourth-order valence-electron chi connectivity index (χ4n) is 2.35. The van der Waals surface area contributed by atoms with Gasteiger partial charge in [-0.05, 0) is 42.1 Å². The zero-order chi connectivity index (χ0) is 14.1. The maximum Gasteiger partial charge on any atom is 0.258 e. The van der Waals surface area contributed by atoms with Gasteiger partial charge in [0.25, 0.3) is 5.91 Å². The quantitative estimate of drug-likeness (QED) is 0.820. The Morgan fingerprint density at radius 1 is 1.20 bits per heavy atom. The first kappa shape index (κ1) is 12.9. The van der Waals surface area contributed by atoms with Gasteiger partial charge in [0.05, 0.1) is 10.6 Å². The lowest BCUT2D eigenvalue weighted by Gasteiger charge is -2.20. The number of anilines is 2. The van der Waals surface area contributed by atoms with Crippen molar-refractivity contribution in [1.82, 2.24) is 0 Å². The van der Waals surface area contributed by atoms with Crippen molar-refractivity contribution in [2.24, 2.45) is 0 Å². The van der Waals surface area contributed by atoms with Crippen LogP contribution in [0, 0.1) is 0 Å². The SMILES string of the molecule is Nc1ccc(C(=O)N2CCCC(=O)c3sccc32)cc1. The number of fused-ring (bicyclic) bond motifs is 1. The molecule has 5 heteroatoms. The number of nitrogen functional groups attached to an aromatic ring is 1. The lowest BCUT2D eigenvalue weighted by molar-refractivity contribution is 0.0975. The van der Waals surface area contributed by atoms with E-state index in [1.165, 1.54) is 11.3 Å². The summed E-state index contributed by atoms with van der Waals surface area (Å²) in [6.45, 7) is 0.568. The van der Waals surface area contributed by atoms with Gasteiger partial charge in [-0.3, -0.25) is 9.59 Å². The van der Waals surface area contributed by atoms with Crippen LogP contribution in [0.5, 0.6) is 0 Å². The molecule has 0 atom stereocenters. The molecule has 0 unspecified atom stereocenters. The van der Waals surface area contributed by atoms with Gasteiger partial charge in [0, 0.05) is 24.2 Å². The van der Waals surface area contributed by atoms with E-state index in [-0.39, 0.29) is 11.7 Å². The van der Waals surface area contributed by atoms with Gasteiger partial charge in [-0.2, -0.15) is 0 Å². The van der Waals surface area contributed by atoms with E-state index in [0.717, 1.165) is 5.69 Å². The molecule has 102 valence electrons. The molecule has 1 amide bonds. The molecule has 2 N–H and O–H groups in total. The van der Waals surface area contributed by atoms with Crippen LogP contribution in [0.4, 0.5) is 11.4 Å². The summed E-state index contributed by atoms with van der Waals surface area (Å²) in [5.74, 6) is 0.0435. The Labute approximate surface area is 120 Å². The third-order valence-corrected chi connectivity index (χ3v) is 4.32. The summed E-state index contributed by atoms with van der Waals surface area (Å²) in [5.41, 5.74) is 7.59. The zero-order valence-electron chi connectivity index (χ0n) is 10.8. The smallest absolute Gasteiger partial charge is 0.258 e. The first-order chi connectivity index (χ1) is 9.66. The Morgan fingerprint density at radius 3 is 2.70 bits per heavy atom. The summed E-state index contributed by atoms with van der Waals surface area (Å²) in [7, 11) is 0. The van der Waals surface area contributed by atoms with E-state index < -0.39 is 0 Å². The average Bonchev–Trinajstić information content (AvgIpc) is 2.87. The highest BCUT2D eigenvalue weighted by molar-refractivity contribution is 7.12. The molecule has 0 saturated carbocycles. The second-order valence-corrected chi connectivity index (χ2v) is 5.66. The first-order valence-electron chi connectivity index (χ1n) is 6.45. The zero-order valence-corrected chi connectivity index (χ0v) is 11.7. The second-order valence-electron chi connectivity index (χ2n) is 4.74. The number of hydrogen-bond acceptors (Lipinski definition) is 4. The van der Waals surface area contributed by atoms with Crippen molar-refractivity contribution in [2.75, 3.05) is 17.2 Å². The molecule has 0 radical (unpaired) electrons. The Morgan fingerprint density at radius 2 is 1.95 bits per heavy atom. The van der Waals surface area contributed by atoms with Crippen LogP contribution in [-0.4, -0.2) is 18.2 Å². The van der Waals surface area contributed by atoms with Crippen LogP contribution >= 0.6 is 11.3 Å². The molecule has 20 heavy (non-hydrogen) atoms. The average molecular weight is 286 g/mol. The molecule has 0 fully saturated rings. The van der Waals surface area contributed by atoms with E-state index in [1.54, 1.807) is 29.2 Å². The van der Waals surface area contributed by atoms with Gasteiger partial charge >= 0.3 is 0 Å².